The van der Waals surface area contributed by atoms with E-state index in [4.69, 9.17) is 9.47 Å². The Balaban J connectivity index is 1.84. The van der Waals surface area contributed by atoms with Crippen molar-refractivity contribution >= 4 is 28.9 Å². The van der Waals surface area contributed by atoms with Crippen LogP contribution in [0.25, 0.3) is 10.9 Å². The molecule has 3 aromatic rings. The number of nitrogens with zero attached hydrogens (tertiary/aromatic N) is 3. The molecule has 1 amide bonds. The van der Waals surface area contributed by atoms with Crippen LogP contribution in [0.2, 0.25) is 0 Å². The number of fused-ring (bicyclic) bond motifs is 1. The van der Waals surface area contributed by atoms with Crippen LogP contribution in [0.15, 0.2) is 41.6 Å². The number of carbonyl (C=O) groups excluding carboxylic acids is 2. The Bertz CT molecular complexity index is 1260. The summed E-state index contributed by atoms with van der Waals surface area (Å²) in [6.45, 7) is 8.62. The summed E-state index contributed by atoms with van der Waals surface area (Å²) in [7, 11) is 1.90. The third-order valence-electron chi connectivity index (χ3n) is 5.16. The zero-order valence-electron chi connectivity index (χ0n) is 20.9. The van der Waals surface area contributed by atoms with Gasteiger partial charge in [-0.2, -0.15) is 0 Å². The molecule has 0 unspecified atom stereocenters. The largest absolute Gasteiger partial charge is 0.462 e. The quantitative estimate of drug-likeness (QED) is 0.354. The molecule has 0 atom stereocenters. The third-order valence-corrected chi connectivity index (χ3v) is 5.16. The summed E-state index contributed by atoms with van der Waals surface area (Å²) in [5.74, 6) is 0.0777. The number of imidazole rings is 1. The Hall–Kier alpha value is -3.82. The van der Waals surface area contributed by atoms with Crippen molar-refractivity contribution in [3.8, 4) is 0 Å². The van der Waals surface area contributed by atoms with Crippen molar-refractivity contribution in [2.24, 2.45) is 7.05 Å². The molecule has 0 bridgehead atoms. The van der Waals surface area contributed by atoms with Crippen molar-refractivity contribution in [1.82, 2.24) is 19.4 Å². The summed E-state index contributed by atoms with van der Waals surface area (Å²) in [5, 5.41) is 6.43. The minimum Gasteiger partial charge on any atom is -0.462 e. The normalized spacial score (nSPS) is 11.3. The van der Waals surface area contributed by atoms with Gasteiger partial charge in [-0.3, -0.25) is 4.79 Å². The Morgan fingerprint density at radius 3 is 2.63 bits per heavy atom. The van der Waals surface area contributed by atoms with Crippen LogP contribution in [0.4, 0.5) is 10.7 Å². The predicted octanol–water partition coefficient (Wildman–Crippen LogP) is 3.44. The van der Waals surface area contributed by atoms with Gasteiger partial charge in [-0.05, 0) is 51.8 Å². The van der Waals surface area contributed by atoms with E-state index in [0.717, 1.165) is 11.5 Å². The van der Waals surface area contributed by atoms with Gasteiger partial charge in [0.2, 0.25) is 11.4 Å². The first-order valence-corrected chi connectivity index (χ1v) is 11.6. The second-order valence-corrected chi connectivity index (χ2v) is 9.13. The number of anilines is 1. The highest BCUT2D eigenvalue weighted by Crippen LogP contribution is 2.17. The molecule has 1 aromatic carbocycles. The van der Waals surface area contributed by atoms with E-state index in [0.29, 0.717) is 37.0 Å². The number of rotatable bonds is 9. The average molecular weight is 484 g/mol. The minimum atomic E-state index is -0.652. The van der Waals surface area contributed by atoms with Gasteiger partial charge in [-0.1, -0.05) is 6.07 Å². The monoisotopic (exact) mass is 483 g/mol. The number of pyridine rings is 1. The van der Waals surface area contributed by atoms with Gasteiger partial charge in [0.15, 0.2) is 0 Å². The van der Waals surface area contributed by atoms with Crippen LogP contribution >= 0.6 is 0 Å². The van der Waals surface area contributed by atoms with E-state index in [1.165, 1.54) is 6.20 Å². The number of esters is 1. The van der Waals surface area contributed by atoms with Crippen LogP contribution in [0, 0.1) is 0 Å². The smallest absolute Gasteiger partial charge is 0.407 e. The molecular formula is C25H33N5O5. The van der Waals surface area contributed by atoms with Gasteiger partial charge in [0, 0.05) is 50.7 Å². The fourth-order valence-corrected chi connectivity index (χ4v) is 3.56. The van der Waals surface area contributed by atoms with Gasteiger partial charge in [0.1, 0.15) is 11.2 Å². The zero-order chi connectivity index (χ0) is 25.6. The molecule has 0 aliphatic rings. The lowest BCUT2D eigenvalue weighted by Gasteiger charge is -2.20. The standard InChI is InChI=1S/C25H33N5O5/c1-6-34-22(32)19-16-30(12-7-10-27-24(33)35-25(2,3)4)20-14-17(8-9-18(20)21(19)31)15-28-23-26-11-13-29(23)5/h8-9,11,13-14,16H,6-7,10,12,15H2,1-5H3,(H,26,28)(H,27,33). The maximum atomic E-state index is 13.0. The molecule has 3 rings (SSSR count). The van der Waals surface area contributed by atoms with E-state index >= 15 is 0 Å². The molecule has 2 aromatic heterocycles. The van der Waals surface area contributed by atoms with Crippen molar-refractivity contribution in [1.29, 1.82) is 0 Å². The molecule has 188 valence electrons. The molecule has 2 heterocycles. The minimum absolute atomic E-state index is 0.0154. The van der Waals surface area contributed by atoms with Crippen LogP contribution < -0.4 is 16.1 Å². The first-order chi connectivity index (χ1) is 16.6. The molecule has 0 aliphatic heterocycles. The SMILES string of the molecule is CCOC(=O)c1cn(CCCNC(=O)OC(C)(C)C)c2cc(CNc3nccn3C)ccc2c1=O. The number of benzene rings is 1. The zero-order valence-corrected chi connectivity index (χ0v) is 20.9. The van der Waals surface area contributed by atoms with Crippen molar-refractivity contribution in [2.75, 3.05) is 18.5 Å². The van der Waals surface area contributed by atoms with Crippen LogP contribution in [0.3, 0.4) is 0 Å². The maximum Gasteiger partial charge on any atom is 0.407 e. The average Bonchev–Trinajstić information content (AvgIpc) is 3.20. The number of alkyl carbamates (subject to hydrolysis) is 1. The predicted molar refractivity (Wildman–Crippen MR) is 134 cm³/mol. The Kier molecular flexibility index (Phi) is 8.16. The number of hydrogen-bond donors (Lipinski definition) is 2. The molecule has 2 N–H and O–H groups in total. The molecule has 0 aliphatic carbocycles. The van der Waals surface area contributed by atoms with Crippen molar-refractivity contribution in [2.45, 2.75) is 52.8 Å². The third kappa shape index (κ3) is 6.84. The Labute approximate surface area is 204 Å². The Morgan fingerprint density at radius 1 is 1.20 bits per heavy atom. The number of nitrogens with one attached hydrogen (secondary N) is 2. The second-order valence-electron chi connectivity index (χ2n) is 9.13. The lowest BCUT2D eigenvalue weighted by atomic mass is 10.1. The second kappa shape index (κ2) is 11.1. The van der Waals surface area contributed by atoms with Crippen molar-refractivity contribution in [3.05, 3.63) is 58.1 Å². The fraction of sp³-hybridized carbons (Fsp3) is 0.440. The lowest BCUT2D eigenvalue weighted by molar-refractivity contribution is 0.0516. The molecule has 10 nitrogen and oxygen atoms in total. The van der Waals surface area contributed by atoms with E-state index in [2.05, 4.69) is 15.6 Å². The summed E-state index contributed by atoms with van der Waals surface area (Å²) in [4.78, 5) is 41.6. The Morgan fingerprint density at radius 2 is 1.97 bits per heavy atom. The maximum absolute atomic E-state index is 13.0. The number of carbonyl (C=O) groups is 2. The summed E-state index contributed by atoms with van der Waals surface area (Å²) < 4.78 is 14.1. The molecule has 0 saturated heterocycles. The van der Waals surface area contributed by atoms with Crippen LogP contribution in [-0.2, 0) is 29.6 Å². The van der Waals surface area contributed by atoms with E-state index in [-0.39, 0.29) is 17.6 Å². The first-order valence-electron chi connectivity index (χ1n) is 11.6. The summed E-state index contributed by atoms with van der Waals surface area (Å²) in [5.41, 5.74) is 0.680. The number of aromatic nitrogens is 3. The lowest BCUT2D eigenvalue weighted by Crippen LogP contribution is -2.33. The highest BCUT2D eigenvalue weighted by molar-refractivity contribution is 5.93. The van der Waals surface area contributed by atoms with E-state index in [1.807, 2.05) is 34.5 Å². The first kappa shape index (κ1) is 25.8. The fourth-order valence-electron chi connectivity index (χ4n) is 3.56. The molecule has 0 spiro atoms. The van der Waals surface area contributed by atoms with E-state index in [9.17, 15) is 14.4 Å². The number of hydrogen-bond acceptors (Lipinski definition) is 7. The summed E-state index contributed by atoms with van der Waals surface area (Å²) in [6.07, 6.45) is 5.17. The number of amides is 1. The molecule has 0 fully saturated rings. The molecular weight excluding hydrogens is 450 g/mol. The van der Waals surface area contributed by atoms with Crippen LogP contribution in [0.5, 0.6) is 0 Å². The van der Waals surface area contributed by atoms with Gasteiger partial charge in [-0.25, -0.2) is 14.6 Å². The molecule has 10 heteroatoms. The highest BCUT2D eigenvalue weighted by Gasteiger charge is 2.18. The van der Waals surface area contributed by atoms with Gasteiger partial charge >= 0.3 is 12.1 Å². The summed E-state index contributed by atoms with van der Waals surface area (Å²) >= 11 is 0. The summed E-state index contributed by atoms with van der Waals surface area (Å²) in [6, 6.07) is 5.50. The van der Waals surface area contributed by atoms with Gasteiger partial charge in [0.25, 0.3) is 0 Å². The number of aryl methyl sites for hydroxylation is 2. The van der Waals surface area contributed by atoms with E-state index in [1.54, 1.807) is 40.0 Å². The molecule has 0 radical (unpaired) electrons. The van der Waals surface area contributed by atoms with E-state index < -0.39 is 17.7 Å². The topological polar surface area (TPSA) is 116 Å². The van der Waals surface area contributed by atoms with Gasteiger partial charge in [-0.15, -0.1) is 0 Å². The number of ether oxygens (including phenoxy) is 2. The van der Waals surface area contributed by atoms with Gasteiger partial charge < -0.3 is 29.2 Å². The molecule has 35 heavy (non-hydrogen) atoms. The van der Waals surface area contributed by atoms with Crippen molar-refractivity contribution in [3.63, 3.8) is 0 Å². The van der Waals surface area contributed by atoms with Gasteiger partial charge in [0.05, 0.1) is 12.1 Å². The molecule has 0 saturated carbocycles. The van der Waals surface area contributed by atoms with Crippen LogP contribution in [-0.4, -0.2) is 44.9 Å². The highest BCUT2D eigenvalue weighted by atomic mass is 16.6. The van der Waals surface area contributed by atoms with Crippen molar-refractivity contribution < 1.29 is 19.1 Å². The van der Waals surface area contributed by atoms with Crippen LogP contribution in [0.1, 0.15) is 50.0 Å².